The molecule has 0 radical (unpaired) electrons. The van der Waals surface area contributed by atoms with E-state index in [-0.39, 0.29) is 11.6 Å². The monoisotopic (exact) mass is 281 g/mol. The van der Waals surface area contributed by atoms with Gasteiger partial charge in [-0.2, -0.15) is 4.31 Å². The molecule has 4 heteroatoms. The maximum Gasteiger partial charge on any atom is 0.243 e. The number of benzene rings is 1. The van der Waals surface area contributed by atoms with Gasteiger partial charge in [-0.25, -0.2) is 8.42 Å². The van der Waals surface area contributed by atoms with Crippen molar-refractivity contribution in [2.45, 2.75) is 63.4 Å². The average Bonchev–Trinajstić information content (AvgIpc) is 2.27. The highest BCUT2D eigenvalue weighted by molar-refractivity contribution is 7.89. The van der Waals surface area contributed by atoms with Gasteiger partial charge in [-0.3, -0.25) is 0 Å². The van der Waals surface area contributed by atoms with E-state index in [0.717, 1.165) is 24.8 Å². The third kappa shape index (κ3) is 2.70. The Bertz CT molecular complexity index is 546. The molecule has 1 aromatic carbocycles. The van der Waals surface area contributed by atoms with Gasteiger partial charge in [0.05, 0.1) is 4.90 Å². The molecule has 1 aromatic rings. The van der Waals surface area contributed by atoms with Crippen LogP contribution in [-0.2, 0) is 10.0 Å². The summed E-state index contributed by atoms with van der Waals surface area (Å²) >= 11 is 0. The summed E-state index contributed by atoms with van der Waals surface area (Å²) < 4.78 is 27.4. The van der Waals surface area contributed by atoms with Crippen molar-refractivity contribution >= 4 is 10.0 Å². The van der Waals surface area contributed by atoms with E-state index in [1.807, 2.05) is 39.8 Å². The van der Waals surface area contributed by atoms with Crippen molar-refractivity contribution in [1.29, 1.82) is 0 Å². The van der Waals surface area contributed by atoms with Gasteiger partial charge in [0, 0.05) is 11.6 Å². The molecule has 19 heavy (non-hydrogen) atoms. The highest BCUT2D eigenvalue weighted by atomic mass is 32.2. The van der Waals surface area contributed by atoms with Crippen LogP contribution in [0.1, 0.15) is 45.6 Å². The van der Waals surface area contributed by atoms with Crippen LogP contribution in [0.4, 0.5) is 0 Å². The normalized spacial score (nSPS) is 24.3. The first-order chi connectivity index (χ1) is 8.75. The summed E-state index contributed by atoms with van der Waals surface area (Å²) in [5.41, 5.74) is 0.770. The van der Waals surface area contributed by atoms with Crippen LogP contribution in [0.15, 0.2) is 29.2 Å². The Morgan fingerprint density at radius 3 is 2.32 bits per heavy atom. The lowest BCUT2D eigenvalue weighted by Gasteiger charge is -2.45. The van der Waals surface area contributed by atoms with E-state index in [1.165, 1.54) is 0 Å². The molecule has 0 aromatic heterocycles. The fourth-order valence-electron chi connectivity index (χ4n) is 3.04. The Hall–Kier alpha value is -0.870. The van der Waals surface area contributed by atoms with Crippen LogP contribution in [-0.4, -0.2) is 24.3 Å². The average molecular weight is 281 g/mol. The van der Waals surface area contributed by atoms with Gasteiger partial charge in [0.2, 0.25) is 10.0 Å². The quantitative estimate of drug-likeness (QED) is 0.834. The minimum absolute atomic E-state index is 0.0649. The second kappa shape index (κ2) is 4.91. The zero-order valence-electron chi connectivity index (χ0n) is 12.2. The van der Waals surface area contributed by atoms with Gasteiger partial charge < -0.3 is 0 Å². The zero-order chi connectivity index (χ0) is 14.3. The van der Waals surface area contributed by atoms with Crippen molar-refractivity contribution in [3.8, 4) is 0 Å². The summed E-state index contributed by atoms with van der Waals surface area (Å²) in [4.78, 5) is 0.403. The van der Waals surface area contributed by atoms with Crippen molar-refractivity contribution in [3.05, 3.63) is 29.8 Å². The summed E-state index contributed by atoms with van der Waals surface area (Å²) in [5.74, 6) is 0. The summed E-state index contributed by atoms with van der Waals surface area (Å²) in [6.07, 6.45) is 2.95. The van der Waals surface area contributed by atoms with Gasteiger partial charge in [-0.05, 0) is 52.7 Å². The van der Waals surface area contributed by atoms with Crippen molar-refractivity contribution in [2.24, 2.45) is 0 Å². The number of aryl methyl sites for hydroxylation is 1. The summed E-state index contributed by atoms with van der Waals surface area (Å²) in [6, 6.07) is 7.20. The van der Waals surface area contributed by atoms with Crippen LogP contribution in [0, 0.1) is 6.92 Å². The van der Waals surface area contributed by atoms with Crippen molar-refractivity contribution < 1.29 is 8.42 Å². The van der Waals surface area contributed by atoms with Crippen molar-refractivity contribution in [1.82, 2.24) is 4.31 Å². The van der Waals surface area contributed by atoms with Crippen LogP contribution in [0.3, 0.4) is 0 Å². The lowest BCUT2D eigenvalue weighted by molar-refractivity contribution is 0.121. The minimum atomic E-state index is -3.40. The second-order valence-electron chi connectivity index (χ2n) is 6.17. The number of hydrogen-bond acceptors (Lipinski definition) is 2. The first kappa shape index (κ1) is 14.5. The fraction of sp³-hybridized carbons (Fsp3) is 0.600. The molecule has 1 aliphatic heterocycles. The highest BCUT2D eigenvalue weighted by Crippen LogP contribution is 2.36. The first-order valence-corrected chi connectivity index (χ1v) is 8.30. The third-order valence-corrected chi connectivity index (χ3v) is 6.23. The third-order valence-electron chi connectivity index (χ3n) is 3.99. The van der Waals surface area contributed by atoms with E-state index >= 15 is 0 Å². The SMILES string of the molecule is Cc1ccc(S(=O)(=O)N2C(C)CCCC2(C)C)cc1. The van der Waals surface area contributed by atoms with Crippen molar-refractivity contribution in [3.63, 3.8) is 0 Å². The maximum absolute atomic E-state index is 12.9. The number of piperidine rings is 1. The zero-order valence-corrected chi connectivity index (χ0v) is 13.0. The van der Waals surface area contributed by atoms with E-state index in [1.54, 1.807) is 16.4 Å². The van der Waals surface area contributed by atoms with Gasteiger partial charge in [-0.15, -0.1) is 0 Å². The second-order valence-corrected chi connectivity index (χ2v) is 7.98. The molecule has 1 aliphatic rings. The number of sulfonamides is 1. The predicted octanol–water partition coefficient (Wildman–Crippen LogP) is 3.34. The predicted molar refractivity (Wildman–Crippen MR) is 77.6 cm³/mol. The number of rotatable bonds is 2. The van der Waals surface area contributed by atoms with Gasteiger partial charge >= 0.3 is 0 Å². The van der Waals surface area contributed by atoms with Crippen molar-refractivity contribution in [2.75, 3.05) is 0 Å². The Kier molecular flexibility index (Phi) is 3.76. The van der Waals surface area contributed by atoms with Crippen LogP contribution >= 0.6 is 0 Å². The van der Waals surface area contributed by atoms with E-state index in [4.69, 9.17) is 0 Å². The van der Waals surface area contributed by atoms with Crippen LogP contribution in [0.25, 0.3) is 0 Å². The molecule has 1 heterocycles. The Labute approximate surface area is 116 Å². The standard InChI is InChI=1S/C15H23NO2S/c1-12-7-9-14(10-8-12)19(17,18)16-13(2)6-5-11-15(16,3)4/h7-10,13H,5-6,11H2,1-4H3. The topological polar surface area (TPSA) is 37.4 Å². The molecule has 0 amide bonds. The fourth-order valence-corrected chi connectivity index (χ4v) is 5.07. The first-order valence-electron chi connectivity index (χ1n) is 6.86. The minimum Gasteiger partial charge on any atom is -0.207 e. The number of hydrogen-bond donors (Lipinski definition) is 0. The molecule has 0 spiro atoms. The number of nitrogens with zero attached hydrogens (tertiary/aromatic N) is 1. The Morgan fingerprint density at radius 1 is 1.21 bits per heavy atom. The molecule has 1 atom stereocenters. The molecule has 0 N–H and O–H groups in total. The molecule has 1 unspecified atom stereocenters. The summed E-state index contributed by atoms with van der Waals surface area (Å²) in [6.45, 7) is 8.01. The van der Waals surface area contributed by atoms with Crippen LogP contribution in [0.5, 0.6) is 0 Å². The van der Waals surface area contributed by atoms with E-state index in [0.29, 0.717) is 4.90 Å². The van der Waals surface area contributed by atoms with Gasteiger partial charge in [-0.1, -0.05) is 24.1 Å². The molecule has 3 nitrogen and oxygen atoms in total. The Balaban J connectivity index is 2.45. The molecule has 106 valence electrons. The summed E-state index contributed by atoms with van der Waals surface area (Å²) in [7, 11) is -3.40. The largest absolute Gasteiger partial charge is 0.243 e. The van der Waals surface area contributed by atoms with Crippen LogP contribution < -0.4 is 0 Å². The van der Waals surface area contributed by atoms with E-state index in [9.17, 15) is 8.42 Å². The molecule has 0 aliphatic carbocycles. The summed E-state index contributed by atoms with van der Waals surface area (Å²) in [5, 5.41) is 0. The van der Waals surface area contributed by atoms with E-state index < -0.39 is 10.0 Å². The maximum atomic E-state index is 12.9. The Morgan fingerprint density at radius 2 is 1.79 bits per heavy atom. The van der Waals surface area contributed by atoms with Gasteiger partial charge in [0.15, 0.2) is 0 Å². The molecule has 0 saturated carbocycles. The van der Waals surface area contributed by atoms with Crippen LogP contribution in [0.2, 0.25) is 0 Å². The smallest absolute Gasteiger partial charge is 0.207 e. The highest BCUT2D eigenvalue weighted by Gasteiger charge is 2.42. The molecule has 0 bridgehead atoms. The molecular weight excluding hydrogens is 258 g/mol. The molecule has 1 saturated heterocycles. The molecule has 2 rings (SSSR count). The lowest BCUT2D eigenvalue weighted by Crippen LogP contribution is -2.54. The lowest BCUT2D eigenvalue weighted by atomic mass is 9.90. The van der Waals surface area contributed by atoms with Gasteiger partial charge in [0.1, 0.15) is 0 Å². The molecular formula is C15H23NO2S. The van der Waals surface area contributed by atoms with E-state index in [2.05, 4.69) is 0 Å². The molecule has 1 fully saturated rings. The van der Waals surface area contributed by atoms with Gasteiger partial charge in [0.25, 0.3) is 0 Å².